The average molecular weight is 174 g/mol. The zero-order chi connectivity index (χ0) is 9.68. The Hall–Kier alpha value is -1.37. The average Bonchev–Trinajstić information content (AvgIpc) is 2.21. The Morgan fingerprint density at radius 2 is 1.92 bits per heavy atom. The van der Waals surface area contributed by atoms with Gasteiger partial charge in [0.25, 0.3) is 0 Å². The Morgan fingerprint density at radius 1 is 1.31 bits per heavy atom. The summed E-state index contributed by atoms with van der Waals surface area (Å²) in [4.78, 5) is 10.7. The van der Waals surface area contributed by atoms with Crippen LogP contribution < -0.4 is 0 Å². The van der Waals surface area contributed by atoms with Crippen LogP contribution in [0.5, 0.6) is 0 Å². The molecule has 68 valence electrons. The summed E-state index contributed by atoms with van der Waals surface area (Å²) in [6.45, 7) is 3.98. The van der Waals surface area contributed by atoms with E-state index in [4.69, 9.17) is 0 Å². The molecule has 0 aliphatic carbocycles. The second-order valence-corrected chi connectivity index (χ2v) is 2.99. The smallest absolute Gasteiger partial charge is 0.146 e. The van der Waals surface area contributed by atoms with E-state index >= 15 is 0 Å². The summed E-state index contributed by atoms with van der Waals surface area (Å²) in [7, 11) is 0. The topological polar surface area (TPSA) is 17.1 Å². The first-order valence-electron chi connectivity index (χ1n) is 4.50. The van der Waals surface area contributed by atoms with Crippen LogP contribution in [0.15, 0.2) is 35.9 Å². The molecule has 0 bridgehead atoms. The molecule has 1 nitrogen and oxygen atoms in total. The fourth-order valence-corrected chi connectivity index (χ4v) is 1.31. The lowest BCUT2D eigenvalue weighted by Gasteiger charge is -2.04. The zero-order valence-electron chi connectivity index (χ0n) is 8.08. The standard InChI is InChI=1S/C12H14O/c1-3-11(9-13)10(2)12-7-5-4-6-8-12/h4-9H,3H2,1-2H3/b11-10-. The Bertz CT molecular complexity index is 309. The van der Waals surface area contributed by atoms with Crippen molar-refractivity contribution in [1.82, 2.24) is 0 Å². The van der Waals surface area contributed by atoms with Crippen LogP contribution in [-0.4, -0.2) is 6.29 Å². The third-order valence-electron chi connectivity index (χ3n) is 2.21. The summed E-state index contributed by atoms with van der Waals surface area (Å²) in [6, 6.07) is 9.99. The first-order chi connectivity index (χ1) is 6.29. The van der Waals surface area contributed by atoms with Crippen molar-refractivity contribution in [3.8, 4) is 0 Å². The molecule has 0 saturated carbocycles. The number of carbonyl (C=O) groups is 1. The number of hydrogen-bond donors (Lipinski definition) is 0. The molecule has 0 unspecified atom stereocenters. The number of rotatable bonds is 3. The first kappa shape index (κ1) is 9.72. The molecule has 0 aliphatic rings. The largest absolute Gasteiger partial charge is 0.298 e. The van der Waals surface area contributed by atoms with Crippen molar-refractivity contribution in [3.63, 3.8) is 0 Å². The first-order valence-corrected chi connectivity index (χ1v) is 4.50. The summed E-state index contributed by atoms with van der Waals surface area (Å²) in [6.07, 6.45) is 1.74. The van der Waals surface area contributed by atoms with Crippen molar-refractivity contribution in [2.75, 3.05) is 0 Å². The highest BCUT2D eigenvalue weighted by atomic mass is 16.1. The van der Waals surface area contributed by atoms with E-state index in [1.54, 1.807) is 0 Å². The van der Waals surface area contributed by atoms with Crippen molar-refractivity contribution in [2.24, 2.45) is 0 Å². The minimum Gasteiger partial charge on any atom is -0.298 e. The third-order valence-corrected chi connectivity index (χ3v) is 2.21. The normalized spacial score (nSPS) is 12.2. The van der Waals surface area contributed by atoms with E-state index in [1.807, 2.05) is 44.2 Å². The monoisotopic (exact) mass is 174 g/mol. The van der Waals surface area contributed by atoms with Crippen LogP contribution in [0.2, 0.25) is 0 Å². The Labute approximate surface area is 79.1 Å². The highest BCUT2D eigenvalue weighted by molar-refractivity contribution is 5.87. The van der Waals surface area contributed by atoms with E-state index in [1.165, 1.54) is 0 Å². The molecule has 1 rings (SSSR count). The molecule has 0 atom stereocenters. The van der Waals surface area contributed by atoms with Gasteiger partial charge >= 0.3 is 0 Å². The van der Waals surface area contributed by atoms with E-state index in [2.05, 4.69) is 0 Å². The fraction of sp³-hybridized carbons (Fsp3) is 0.250. The SMILES string of the molecule is CC/C(C=O)=C(\C)c1ccccc1. The highest BCUT2D eigenvalue weighted by Crippen LogP contribution is 2.18. The molecule has 0 aromatic heterocycles. The lowest BCUT2D eigenvalue weighted by atomic mass is 10.0. The van der Waals surface area contributed by atoms with Crippen molar-refractivity contribution >= 4 is 11.9 Å². The van der Waals surface area contributed by atoms with Crippen molar-refractivity contribution in [3.05, 3.63) is 41.5 Å². The van der Waals surface area contributed by atoms with Gasteiger partial charge in [-0.15, -0.1) is 0 Å². The number of carbonyl (C=O) groups excluding carboxylic acids is 1. The molecule has 0 amide bonds. The van der Waals surface area contributed by atoms with E-state index in [-0.39, 0.29) is 0 Å². The second kappa shape index (κ2) is 4.61. The quantitative estimate of drug-likeness (QED) is 0.508. The molecule has 0 heterocycles. The van der Waals surface area contributed by atoms with Gasteiger partial charge < -0.3 is 0 Å². The predicted molar refractivity (Wildman–Crippen MR) is 55.4 cm³/mol. The molecular weight excluding hydrogens is 160 g/mol. The van der Waals surface area contributed by atoms with E-state index in [0.29, 0.717) is 0 Å². The van der Waals surface area contributed by atoms with Gasteiger partial charge in [0.1, 0.15) is 6.29 Å². The van der Waals surface area contributed by atoms with Crippen molar-refractivity contribution < 1.29 is 4.79 Å². The predicted octanol–water partition coefficient (Wildman–Crippen LogP) is 3.07. The van der Waals surface area contributed by atoms with Crippen LogP contribution >= 0.6 is 0 Å². The van der Waals surface area contributed by atoms with E-state index < -0.39 is 0 Å². The molecule has 13 heavy (non-hydrogen) atoms. The van der Waals surface area contributed by atoms with Crippen LogP contribution in [0.25, 0.3) is 5.57 Å². The number of allylic oxidation sites excluding steroid dienone is 2. The lowest BCUT2D eigenvalue weighted by Crippen LogP contribution is -1.88. The van der Waals surface area contributed by atoms with Gasteiger partial charge in [-0.05, 0) is 30.1 Å². The van der Waals surface area contributed by atoms with E-state index in [9.17, 15) is 4.79 Å². The molecule has 0 radical (unpaired) electrons. The maximum Gasteiger partial charge on any atom is 0.146 e. The summed E-state index contributed by atoms with van der Waals surface area (Å²) in [5, 5.41) is 0. The molecule has 0 aliphatic heterocycles. The van der Waals surface area contributed by atoms with E-state index in [0.717, 1.165) is 29.4 Å². The maximum atomic E-state index is 10.7. The van der Waals surface area contributed by atoms with Crippen molar-refractivity contribution in [1.29, 1.82) is 0 Å². The van der Waals surface area contributed by atoms with Crippen LogP contribution in [0.3, 0.4) is 0 Å². The second-order valence-electron chi connectivity index (χ2n) is 2.99. The Balaban J connectivity index is 3.08. The number of benzene rings is 1. The molecule has 1 heteroatoms. The summed E-state index contributed by atoms with van der Waals surface area (Å²) in [5.74, 6) is 0. The van der Waals surface area contributed by atoms with Gasteiger partial charge in [-0.1, -0.05) is 37.3 Å². The third kappa shape index (κ3) is 2.28. The number of aldehydes is 1. The highest BCUT2D eigenvalue weighted by Gasteiger charge is 2.00. The molecular formula is C12H14O. The Morgan fingerprint density at radius 3 is 2.38 bits per heavy atom. The summed E-state index contributed by atoms with van der Waals surface area (Å²) < 4.78 is 0. The lowest BCUT2D eigenvalue weighted by molar-refractivity contribution is -0.104. The van der Waals surface area contributed by atoms with Crippen LogP contribution in [0.4, 0.5) is 0 Å². The summed E-state index contributed by atoms with van der Waals surface area (Å²) >= 11 is 0. The van der Waals surface area contributed by atoms with Gasteiger partial charge in [0.15, 0.2) is 0 Å². The minimum absolute atomic E-state index is 0.796. The minimum atomic E-state index is 0.796. The van der Waals surface area contributed by atoms with Gasteiger partial charge in [0.2, 0.25) is 0 Å². The van der Waals surface area contributed by atoms with Crippen LogP contribution in [-0.2, 0) is 4.79 Å². The Kier molecular flexibility index (Phi) is 3.44. The molecule has 0 spiro atoms. The maximum absolute atomic E-state index is 10.7. The summed E-state index contributed by atoms with van der Waals surface area (Å²) in [5.41, 5.74) is 3.09. The zero-order valence-corrected chi connectivity index (χ0v) is 8.08. The van der Waals surface area contributed by atoms with Crippen molar-refractivity contribution in [2.45, 2.75) is 20.3 Å². The number of hydrogen-bond acceptors (Lipinski definition) is 1. The van der Waals surface area contributed by atoms with Gasteiger partial charge in [0.05, 0.1) is 0 Å². The molecule has 1 aromatic rings. The fourth-order valence-electron chi connectivity index (χ4n) is 1.31. The van der Waals surface area contributed by atoms with Crippen LogP contribution in [0, 0.1) is 0 Å². The molecule has 0 saturated heterocycles. The van der Waals surface area contributed by atoms with Gasteiger partial charge in [0, 0.05) is 0 Å². The molecule has 0 N–H and O–H groups in total. The molecule has 1 aromatic carbocycles. The van der Waals surface area contributed by atoms with Crippen LogP contribution in [0.1, 0.15) is 25.8 Å². The van der Waals surface area contributed by atoms with Gasteiger partial charge in [-0.2, -0.15) is 0 Å². The van der Waals surface area contributed by atoms with Gasteiger partial charge in [-0.3, -0.25) is 4.79 Å². The van der Waals surface area contributed by atoms with Gasteiger partial charge in [-0.25, -0.2) is 0 Å². The molecule has 0 fully saturated rings.